The number of alkyl halides is 2. The number of hydrogen-bond donors (Lipinski definition) is 1. The smallest absolute Gasteiger partial charge is 0.395 e. The summed E-state index contributed by atoms with van der Waals surface area (Å²) < 4.78 is 39.3. The Hall–Kier alpha value is -1.56. The van der Waals surface area contributed by atoms with Crippen LogP contribution in [0.25, 0.3) is 0 Å². The molecule has 1 aliphatic rings. The first-order valence-corrected chi connectivity index (χ1v) is 5.63. The standard InChI is InChI=1S/C12H15F2NO3/c1-8(7-16-2)6-15-9-3-4-10-11(5-9)18-12(13,14)17-10/h3-5,8,15H,6-7H2,1-2H3. The van der Waals surface area contributed by atoms with Crippen LogP contribution >= 0.6 is 0 Å². The van der Waals surface area contributed by atoms with Crippen LogP contribution in [0.4, 0.5) is 14.5 Å². The molecule has 18 heavy (non-hydrogen) atoms. The van der Waals surface area contributed by atoms with E-state index in [0.29, 0.717) is 24.8 Å². The topological polar surface area (TPSA) is 39.7 Å². The second kappa shape index (κ2) is 4.97. The molecule has 0 fully saturated rings. The summed E-state index contributed by atoms with van der Waals surface area (Å²) in [6.07, 6.45) is -3.57. The zero-order valence-electron chi connectivity index (χ0n) is 10.2. The van der Waals surface area contributed by atoms with Gasteiger partial charge in [0.2, 0.25) is 0 Å². The number of methoxy groups -OCH3 is 1. The average molecular weight is 259 g/mol. The van der Waals surface area contributed by atoms with E-state index in [1.54, 1.807) is 13.2 Å². The van der Waals surface area contributed by atoms with Crippen molar-refractivity contribution in [2.45, 2.75) is 13.2 Å². The van der Waals surface area contributed by atoms with Crippen molar-refractivity contribution in [3.63, 3.8) is 0 Å². The highest BCUT2D eigenvalue weighted by atomic mass is 19.3. The molecule has 1 atom stereocenters. The molecule has 0 aromatic heterocycles. The van der Waals surface area contributed by atoms with E-state index >= 15 is 0 Å². The molecule has 0 aliphatic carbocycles. The van der Waals surface area contributed by atoms with Crippen LogP contribution in [0.2, 0.25) is 0 Å². The maximum absolute atomic E-state index is 12.8. The van der Waals surface area contributed by atoms with Gasteiger partial charge >= 0.3 is 6.29 Å². The Morgan fingerprint density at radius 3 is 2.78 bits per heavy atom. The molecule has 1 aliphatic heterocycles. The Labute approximate surface area is 104 Å². The predicted octanol–water partition coefficient (Wildman–Crippen LogP) is 2.70. The molecule has 1 unspecified atom stereocenters. The molecule has 1 aromatic carbocycles. The van der Waals surface area contributed by atoms with E-state index < -0.39 is 6.29 Å². The van der Waals surface area contributed by atoms with Gasteiger partial charge in [0.1, 0.15) is 0 Å². The van der Waals surface area contributed by atoms with Crippen LogP contribution in [0.3, 0.4) is 0 Å². The van der Waals surface area contributed by atoms with Crippen LogP contribution in [0.1, 0.15) is 6.92 Å². The Kier molecular flexibility index (Phi) is 3.56. The fourth-order valence-corrected chi connectivity index (χ4v) is 1.69. The van der Waals surface area contributed by atoms with E-state index in [9.17, 15) is 8.78 Å². The minimum atomic E-state index is -3.57. The Bertz CT molecular complexity index is 426. The summed E-state index contributed by atoms with van der Waals surface area (Å²) in [7, 11) is 1.64. The molecule has 0 saturated carbocycles. The van der Waals surface area contributed by atoms with Crippen LogP contribution < -0.4 is 14.8 Å². The van der Waals surface area contributed by atoms with E-state index in [0.717, 1.165) is 0 Å². The quantitative estimate of drug-likeness (QED) is 0.882. The Balaban J connectivity index is 1.97. The van der Waals surface area contributed by atoms with Crippen LogP contribution in [0, 0.1) is 5.92 Å². The molecule has 0 saturated heterocycles. The van der Waals surface area contributed by atoms with Crippen LogP contribution in [0.5, 0.6) is 11.5 Å². The molecule has 100 valence electrons. The summed E-state index contributed by atoms with van der Waals surface area (Å²) >= 11 is 0. The zero-order chi connectivity index (χ0) is 13.2. The average Bonchev–Trinajstić information content (AvgIpc) is 2.59. The summed E-state index contributed by atoms with van der Waals surface area (Å²) in [5.41, 5.74) is 0.706. The highest BCUT2D eigenvalue weighted by molar-refractivity contribution is 5.55. The number of nitrogens with one attached hydrogen (secondary N) is 1. The lowest BCUT2D eigenvalue weighted by Gasteiger charge is -2.12. The number of hydrogen-bond acceptors (Lipinski definition) is 4. The summed E-state index contributed by atoms with van der Waals surface area (Å²) in [6.45, 7) is 3.34. The van der Waals surface area contributed by atoms with E-state index in [1.165, 1.54) is 12.1 Å². The van der Waals surface area contributed by atoms with Crippen molar-refractivity contribution < 1.29 is 23.0 Å². The third-order valence-electron chi connectivity index (χ3n) is 2.51. The van der Waals surface area contributed by atoms with Crippen molar-refractivity contribution in [1.82, 2.24) is 0 Å². The van der Waals surface area contributed by atoms with Gasteiger partial charge in [-0.3, -0.25) is 0 Å². The van der Waals surface area contributed by atoms with E-state index in [4.69, 9.17) is 4.74 Å². The molecule has 0 spiro atoms. The van der Waals surface area contributed by atoms with Gasteiger partial charge in [-0.1, -0.05) is 6.92 Å². The van der Waals surface area contributed by atoms with Gasteiger partial charge in [0, 0.05) is 25.4 Å². The SMILES string of the molecule is COCC(C)CNc1ccc2c(c1)OC(F)(F)O2. The van der Waals surface area contributed by atoms with Crippen LogP contribution in [0.15, 0.2) is 18.2 Å². The molecule has 0 bridgehead atoms. The van der Waals surface area contributed by atoms with Crippen LogP contribution in [-0.2, 0) is 4.74 Å². The van der Waals surface area contributed by atoms with Gasteiger partial charge in [0.25, 0.3) is 0 Å². The van der Waals surface area contributed by atoms with Crippen molar-refractivity contribution in [3.05, 3.63) is 18.2 Å². The first kappa shape index (κ1) is 12.9. The van der Waals surface area contributed by atoms with Gasteiger partial charge in [-0.15, -0.1) is 8.78 Å². The van der Waals surface area contributed by atoms with Gasteiger partial charge in [-0.05, 0) is 18.1 Å². The largest absolute Gasteiger partial charge is 0.586 e. The van der Waals surface area contributed by atoms with Gasteiger partial charge in [-0.25, -0.2) is 0 Å². The maximum Gasteiger partial charge on any atom is 0.586 e. The van der Waals surface area contributed by atoms with Crippen molar-refractivity contribution in [2.75, 3.05) is 25.6 Å². The number of anilines is 1. The minimum absolute atomic E-state index is 0.0457. The van der Waals surface area contributed by atoms with Gasteiger partial charge in [0.05, 0.1) is 6.61 Å². The first-order chi connectivity index (χ1) is 8.50. The first-order valence-electron chi connectivity index (χ1n) is 5.63. The van der Waals surface area contributed by atoms with Crippen molar-refractivity contribution in [2.24, 2.45) is 5.92 Å². The van der Waals surface area contributed by atoms with E-state index in [1.807, 2.05) is 6.92 Å². The predicted molar refractivity (Wildman–Crippen MR) is 62.2 cm³/mol. The molecule has 2 rings (SSSR count). The number of fused-ring (bicyclic) bond motifs is 1. The molecular formula is C12H15F2NO3. The van der Waals surface area contributed by atoms with Crippen molar-refractivity contribution in [1.29, 1.82) is 0 Å². The monoisotopic (exact) mass is 259 g/mol. The van der Waals surface area contributed by atoms with E-state index in [-0.39, 0.29) is 11.5 Å². The summed E-state index contributed by atoms with van der Waals surface area (Å²) in [5, 5.41) is 3.13. The van der Waals surface area contributed by atoms with Gasteiger partial charge < -0.3 is 19.5 Å². The molecular weight excluding hydrogens is 244 g/mol. The third-order valence-corrected chi connectivity index (χ3v) is 2.51. The molecule has 4 nitrogen and oxygen atoms in total. The second-order valence-corrected chi connectivity index (χ2v) is 4.27. The molecule has 1 aromatic rings. The summed E-state index contributed by atoms with van der Waals surface area (Å²) in [4.78, 5) is 0. The molecule has 0 amide bonds. The molecule has 1 N–H and O–H groups in total. The minimum Gasteiger partial charge on any atom is -0.395 e. The van der Waals surface area contributed by atoms with E-state index in [2.05, 4.69) is 14.8 Å². The number of rotatable bonds is 5. The van der Waals surface area contributed by atoms with Gasteiger partial charge in [-0.2, -0.15) is 0 Å². The number of halogens is 2. The van der Waals surface area contributed by atoms with Crippen molar-refractivity contribution >= 4 is 5.69 Å². The number of benzene rings is 1. The highest BCUT2D eigenvalue weighted by Gasteiger charge is 2.43. The third kappa shape index (κ3) is 3.01. The maximum atomic E-state index is 12.8. The Morgan fingerprint density at radius 2 is 2.06 bits per heavy atom. The highest BCUT2D eigenvalue weighted by Crippen LogP contribution is 2.42. The summed E-state index contributed by atoms with van der Waals surface area (Å²) in [6, 6.07) is 4.62. The molecule has 6 heteroatoms. The Morgan fingerprint density at radius 1 is 1.33 bits per heavy atom. The van der Waals surface area contributed by atoms with Crippen molar-refractivity contribution in [3.8, 4) is 11.5 Å². The lowest BCUT2D eigenvalue weighted by Crippen LogP contribution is -2.25. The van der Waals surface area contributed by atoms with Gasteiger partial charge in [0.15, 0.2) is 11.5 Å². The fourth-order valence-electron chi connectivity index (χ4n) is 1.69. The lowest BCUT2D eigenvalue weighted by atomic mass is 10.2. The molecule has 1 heterocycles. The fraction of sp³-hybridized carbons (Fsp3) is 0.500. The zero-order valence-corrected chi connectivity index (χ0v) is 10.2. The van der Waals surface area contributed by atoms with Crippen LogP contribution in [-0.4, -0.2) is 26.6 Å². The molecule has 0 radical (unpaired) electrons. The summed E-state index contributed by atoms with van der Waals surface area (Å²) in [5.74, 6) is 0.418. The number of ether oxygens (including phenoxy) is 3. The normalized spacial score (nSPS) is 17.6. The second-order valence-electron chi connectivity index (χ2n) is 4.27. The lowest BCUT2D eigenvalue weighted by molar-refractivity contribution is -0.286.